The van der Waals surface area contributed by atoms with Crippen molar-refractivity contribution in [2.45, 2.75) is 145 Å². The van der Waals surface area contributed by atoms with Gasteiger partial charge in [0, 0.05) is 0 Å². The monoisotopic (exact) mass is 848 g/mol. The van der Waals surface area contributed by atoms with Crippen LogP contribution < -0.4 is 0 Å². The van der Waals surface area contributed by atoms with Gasteiger partial charge in [0.1, 0.15) is 0 Å². The zero-order valence-corrected chi connectivity index (χ0v) is 43.1. The summed E-state index contributed by atoms with van der Waals surface area (Å²) in [6.07, 6.45) is 0. The zero-order chi connectivity index (χ0) is 45.1. The topological polar surface area (TPSA) is 0 Å². The normalized spacial score (nSPS) is 10.6. The van der Waals surface area contributed by atoms with E-state index in [1.807, 2.05) is 0 Å². The molecule has 1 radical (unpaired) electrons. The molecule has 0 heterocycles. The van der Waals surface area contributed by atoms with E-state index in [2.05, 4.69) is 218 Å². The molecule has 0 aliphatic rings. The number of hydrogen-bond acceptors (Lipinski definition) is 0. The largest absolute Gasteiger partial charge is 3.00 e. The first-order valence-electron chi connectivity index (χ1n) is 21.9. The summed E-state index contributed by atoms with van der Waals surface area (Å²) < 4.78 is 0. The van der Waals surface area contributed by atoms with Crippen LogP contribution in [0.5, 0.6) is 0 Å². The van der Waals surface area contributed by atoms with Crippen LogP contribution in [0.25, 0.3) is 0 Å². The molecule has 0 saturated carbocycles. The third-order valence-electron chi connectivity index (χ3n) is 12.3. The van der Waals surface area contributed by atoms with Crippen molar-refractivity contribution in [3.05, 3.63) is 224 Å². The van der Waals surface area contributed by atoms with Gasteiger partial charge in [-0.15, -0.1) is 118 Å². The second kappa shape index (κ2) is 21.0. The molecule has 0 bridgehead atoms. The summed E-state index contributed by atoms with van der Waals surface area (Å²) in [5, 5.41) is 0. The minimum Gasteiger partial charge on any atom is -0.115 e. The van der Waals surface area contributed by atoms with Gasteiger partial charge in [-0.3, -0.25) is 0 Å². The predicted octanol–water partition coefficient (Wildman–Crippen LogP) is 16.6. The van der Waals surface area contributed by atoms with Gasteiger partial charge < -0.3 is 0 Å². The molecular formula is C60H75Cr. The fourth-order valence-electron chi connectivity index (χ4n) is 11.0. The van der Waals surface area contributed by atoms with E-state index < -0.39 is 0 Å². The van der Waals surface area contributed by atoms with E-state index in [9.17, 15) is 0 Å². The first-order chi connectivity index (χ1) is 27.9. The van der Waals surface area contributed by atoms with E-state index in [0.717, 1.165) is 0 Å². The van der Waals surface area contributed by atoms with E-state index in [0.29, 0.717) is 0 Å². The van der Waals surface area contributed by atoms with E-state index in [4.69, 9.17) is 0 Å². The van der Waals surface area contributed by atoms with Gasteiger partial charge in [-0.2, -0.15) is 0 Å². The number of benzene rings is 6. The maximum Gasteiger partial charge on any atom is 3.00 e. The Bertz CT molecular complexity index is 1920. The summed E-state index contributed by atoms with van der Waals surface area (Å²) in [4.78, 5) is 0. The molecule has 0 N–H and O–H groups in total. The molecule has 0 aromatic heterocycles. The number of hydrogen-bond donors (Lipinski definition) is 0. The van der Waals surface area contributed by atoms with Crippen molar-refractivity contribution in [1.29, 1.82) is 0 Å². The number of rotatable bonds is 6. The Morgan fingerprint density at radius 2 is 0.279 bits per heavy atom. The smallest absolute Gasteiger partial charge is 0.115 e. The minimum atomic E-state index is 0. The Morgan fingerprint density at radius 1 is 0.197 bits per heavy atom. The van der Waals surface area contributed by atoms with Gasteiger partial charge >= 0.3 is 17.4 Å². The first-order valence-corrected chi connectivity index (χ1v) is 21.9. The zero-order valence-electron chi connectivity index (χ0n) is 41.8. The quantitative estimate of drug-likeness (QED) is 0.147. The van der Waals surface area contributed by atoms with E-state index in [1.165, 1.54) is 151 Å². The van der Waals surface area contributed by atoms with E-state index in [-0.39, 0.29) is 17.4 Å². The van der Waals surface area contributed by atoms with Gasteiger partial charge in [-0.1, -0.05) is 210 Å². The third-order valence-corrected chi connectivity index (χ3v) is 12.3. The molecule has 6 aromatic rings. The molecule has 0 spiro atoms. The average Bonchev–Trinajstić information content (AvgIpc) is 3.06. The fourth-order valence-corrected chi connectivity index (χ4v) is 11.0. The van der Waals surface area contributed by atoms with Gasteiger partial charge in [-0.25, -0.2) is 0 Å². The summed E-state index contributed by atoms with van der Waals surface area (Å²) >= 11 is 0. The Hall–Kier alpha value is -4.54. The van der Waals surface area contributed by atoms with Crippen molar-refractivity contribution in [2.24, 2.45) is 0 Å². The van der Waals surface area contributed by atoms with Gasteiger partial charge in [-0.05, 0) is 41.5 Å². The maximum atomic E-state index is 2.28. The minimum absolute atomic E-state index is 0. The molecule has 6 aromatic carbocycles. The number of aryl methyl sites for hydroxylation is 18. The molecule has 0 amide bonds. The van der Waals surface area contributed by atoms with Crippen LogP contribution in [0.15, 0.2) is 72.8 Å². The van der Waals surface area contributed by atoms with Crippen LogP contribution in [0.2, 0.25) is 0 Å². The molecule has 0 atom stereocenters. The second-order valence-electron chi connectivity index (χ2n) is 18.5. The summed E-state index contributed by atoms with van der Waals surface area (Å²) in [5.41, 5.74) is 33.0. The Labute approximate surface area is 384 Å². The second-order valence-corrected chi connectivity index (χ2v) is 18.5. The summed E-state index contributed by atoms with van der Waals surface area (Å²) in [6, 6.07) is 27.4. The molecule has 61 heavy (non-hydrogen) atoms. The van der Waals surface area contributed by atoms with Gasteiger partial charge in [0.15, 0.2) is 0 Å². The first kappa shape index (κ1) is 50.8. The third kappa shape index (κ3) is 11.9. The van der Waals surface area contributed by atoms with Gasteiger partial charge in [0.25, 0.3) is 0 Å². The van der Waals surface area contributed by atoms with Crippen LogP contribution in [-0.4, -0.2) is 0 Å². The van der Waals surface area contributed by atoms with E-state index >= 15 is 0 Å². The fraction of sp³-hybridized carbons (Fsp3) is 0.350. The van der Waals surface area contributed by atoms with Gasteiger partial charge in [0.05, 0.1) is 0 Å². The van der Waals surface area contributed by atoms with Crippen LogP contribution in [0.4, 0.5) is 0 Å². The summed E-state index contributed by atoms with van der Waals surface area (Å²) in [5.74, 6) is 4.19. The summed E-state index contributed by atoms with van der Waals surface area (Å²) in [7, 11) is 0. The maximum absolute atomic E-state index is 2.28. The average molecular weight is 848 g/mol. The van der Waals surface area contributed by atoms with Crippen molar-refractivity contribution in [1.82, 2.24) is 0 Å². The molecule has 0 aliphatic carbocycles. The Kier molecular flexibility index (Phi) is 17.5. The van der Waals surface area contributed by atoms with Crippen molar-refractivity contribution >= 4 is 0 Å². The molecule has 0 unspecified atom stereocenters. The van der Waals surface area contributed by atoms with Gasteiger partial charge in [0.2, 0.25) is 0 Å². The Morgan fingerprint density at radius 3 is 0.361 bits per heavy atom. The van der Waals surface area contributed by atoms with Crippen LogP contribution in [0.1, 0.15) is 154 Å². The molecule has 0 aliphatic heterocycles. The molecule has 0 nitrogen and oxygen atoms in total. The van der Waals surface area contributed by atoms with Crippen LogP contribution in [-0.2, 0) is 17.4 Å². The molecule has 6 rings (SSSR count). The molecule has 0 fully saturated rings. The summed E-state index contributed by atoms with van der Waals surface area (Å²) in [6.45, 7) is 46.4. The van der Waals surface area contributed by atoms with Crippen LogP contribution in [0.3, 0.4) is 0 Å². The SMILES string of the molecule is Cc1cc(C)c([C-](C)c2c(C)cc(C)cc2C)c(C)c1.Cc1cc(C)c([C-](C)c2c(C)cc(C)cc2C)c(C)c1.Cc1cc(C)c([C-](C)c2c(C)cc(C)cc2C)c(C)c1.[Cr+3]. The Balaban J connectivity index is 0.000000242. The standard InChI is InChI=1S/3C20H25.Cr/c3*1-12-8-14(3)19(15(4)9-12)18(7)20-16(5)10-13(2)11-17(20)6;/h3*8-11H,1-7H3;/q3*-1;+3. The molecule has 321 valence electrons. The molecular weight excluding hydrogens is 773 g/mol. The van der Waals surface area contributed by atoms with Crippen molar-refractivity contribution < 1.29 is 17.4 Å². The van der Waals surface area contributed by atoms with E-state index in [1.54, 1.807) is 0 Å². The van der Waals surface area contributed by atoms with Crippen LogP contribution in [0, 0.1) is 142 Å². The van der Waals surface area contributed by atoms with Crippen molar-refractivity contribution in [3.8, 4) is 0 Å². The van der Waals surface area contributed by atoms with Crippen molar-refractivity contribution in [3.63, 3.8) is 0 Å². The van der Waals surface area contributed by atoms with Crippen molar-refractivity contribution in [2.75, 3.05) is 0 Å². The molecule has 1 heteroatoms. The molecule has 0 saturated heterocycles. The van der Waals surface area contributed by atoms with Crippen LogP contribution >= 0.6 is 0 Å². The predicted molar refractivity (Wildman–Crippen MR) is 265 cm³/mol.